The molecule has 0 unspecified atom stereocenters. The molecule has 0 aromatic rings. The molecule has 1 N–H and O–H groups in total. The van der Waals surface area contributed by atoms with E-state index < -0.39 is 0 Å². The summed E-state index contributed by atoms with van der Waals surface area (Å²) in [6.45, 7) is 6.12. The average Bonchev–Trinajstić information content (AvgIpc) is 2.42. The van der Waals surface area contributed by atoms with Crippen LogP contribution in [0.3, 0.4) is 0 Å². The summed E-state index contributed by atoms with van der Waals surface area (Å²) in [4.78, 5) is 0. The first kappa shape index (κ1) is 7.07. The molecule has 0 radical (unpaired) electrons. The van der Waals surface area contributed by atoms with Crippen LogP contribution in [0.2, 0.25) is 0 Å². The number of hydrogen-bond acceptors (Lipinski definition) is 1. The average molecular weight is 128 g/mol. The minimum Gasteiger partial charge on any atom is -0.390 e. The van der Waals surface area contributed by atoms with Crippen LogP contribution in [-0.2, 0) is 0 Å². The Kier molecular flexibility index (Phi) is 1.55. The third kappa shape index (κ3) is 1.26. The van der Waals surface area contributed by atoms with Crippen molar-refractivity contribution in [2.24, 2.45) is 11.8 Å². The Labute approximate surface area is 57.1 Å². The molecule has 9 heavy (non-hydrogen) atoms. The second-order valence-electron chi connectivity index (χ2n) is 3.65. The van der Waals surface area contributed by atoms with Gasteiger partial charge in [-0.25, -0.2) is 0 Å². The zero-order valence-corrected chi connectivity index (χ0v) is 6.52. The maximum absolute atomic E-state index is 9.73. The van der Waals surface area contributed by atoms with Crippen LogP contribution in [-0.4, -0.2) is 10.7 Å². The Bertz CT molecular complexity index is 97.1. The van der Waals surface area contributed by atoms with E-state index in [-0.39, 0.29) is 5.60 Å². The molecule has 1 saturated carbocycles. The molecule has 0 bridgehead atoms. The topological polar surface area (TPSA) is 20.2 Å². The van der Waals surface area contributed by atoms with Crippen LogP contribution in [0.15, 0.2) is 0 Å². The molecular formula is C8H16O. The molecular weight excluding hydrogens is 112 g/mol. The van der Waals surface area contributed by atoms with E-state index in [0.29, 0.717) is 11.8 Å². The Morgan fingerprint density at radius 3 is 2.00 bits per heavy atom. The summed E-state index contributed by atoms with van der Waals surface area (Å²) in [6.07, 6.45) is 2.45. The Hall–Kier alpha value is -0.0400. The fraction of sp³-hybridized carbons (Fsp3) is 1.00. The van der Waals surface area contributed by atoms with Gasteiger partial charge < -0.3 is 5.11 Å². The molecule has 1 rings (SSSR count). The monoisotopic (exact) mass is 128 g/mol. The van der Waals surface area contributed by atoms with Gasteiger partial charge in [-0.2, -0.15) is 0 Å². The van der Waals surface area contributed by atoms with Crippen LogP contribution in [0.4, 0.5) is 0 Å². The molecule has 1 heteroatoms. The third-order valence-corrected chi connectivity index (χ3v) is 2.57. The van der Waals surface area contributed by atoms with Gasteiger partial charge in [0.05, 0.1) is 5.60 Å². The highest BCUT2D eigenvalue weighted by Crippen LogP contribution is 2.42. The molecule has 0 aromatic carbocycles. The number of rotatable bonds is 2. The normalized spacial score (nSPS) is 26.3. The van der Waals surface area contributed by atoms with Gasteiger partial charge in [-0.15, -0.1) is 0 Å². The number of aliphatic hydroxyl groups is 1. The van der Waals surface area contributed by atoms with Crippen molar-refractivity contribution in [3.05, 3.63) is 0 Å². The van der Waals surface area contributed by atoms with Crippen LogP contribution in [0.1, 0.15) is 33.6 Å². The zero-order chi connectivity index (χ0) is 7.07. The van der Waals surface area contributed by atoms with E-state index in [1.807, 2.05) is 6.92 Å². The van der Waals surface area contributed by atoms with E-state index in [0.717, 1.165) is 0 Å². The van der Waals surface area contributed by atoms with Crippen molar-refractivity contribution < 1.29 is 5.11 Å². The molecule has 1 atom stereocenters. The molecule has 0 amide bonds. The van der Waals surface area contributed by atoms with Crippen LogP contribution in [0.5, 0.6) is 0 Å². The molecule has 0 aromatic heterocycles. The van der Waals surface area contributed by atoms with Gasteiger partial charge in [-0.3, -0.25) is 0 Å². The summed E-state index contributed by atoms with van der Waals surface area (Å²) >= 11 is 0. The Morgan fingerprint density at radius 1 is 1.44 bits per heavy atom. The van der Waals surface area contributed by atoms with E-state index in [1.165, 1.54) is 12.8 Å². The first-order valence-electron chi connectivity index (χ1n) is 3.77. The molecule has 0 aliphatic heterocycles. The van der Waals surface area contributed by atoms with Crippen LogP contribution < -0.4 is 0 Å². The molecule has 1 aliphatic rings. The lowest BCUT2D eigenvalue weighted by Gasteiger charge is -2.27. The standard InChI is InChI=1S/C8H16O/c1-6(2)8(3,9)7-4-5-7/h6-7,9H,4-5H2,1-3H3/t8-/m1/s1. The van der Waals surface area contributed by atoms with Crippen LogP contribution in [0, 0.1) is 11.8 Å². The van der Waals surface area contributed by atoms with Crippen molar-refractivity contribution in [3.8, 4) is 0 Å². The predicted octanol–water partition coefficient (Wildman–Crippen LogP) is 1.80. The van der Waals surface area contributed by atoms with E-state index in [2.05, 4.69) is 13.8 Å². The molecule has 54 valence electrons. The minimum absolute atomic E-state index is 0.389. The van der Waals surface area contributed by atoms with Gasteiger partial charge in [0.25, 0.3) is 0 Å². The largest absolute Gasteiger partial charge is 0.390 e. The SMILES string of the molecule is CC(C)[C@@](C)(O)C1CC1. The van der Waals surface area contributed by atoms with E-state index in [1.54, 1.807) is 0 Å². The predicted molar refractivity (Wildman–Crippen MR) is 38.2 cm³/mol. The summed E-state index contributed by atoms with van der Waals surface area (Å²) in [7, 11) is 0. The zero-order valence-electron chi connectivity index (χ0n) is 6.52. The van der Waals surface area contributed by atoms with E-state index >= 15 is 0 Å². The maximum Gasteiger partial charge on any atom is 0.0670 e. The highest BCUT2D eigenvalue weighted by molar-refractivity contribution is 4.92. The first-order valence-corrected chi connectivity index (χ1v) is 3.77. The van der Waals surface area contributed by atoms with Crippen LogP contribution >= 0.6 is 0 Å². The van der Waals surface area contributed by atoms with Crippen molar-refractivity contribution in [1.29, 1.82) is 0 Å². The maximum atomic E-state index is 9.73. The summed E-state index contributed by atoms with van der Waals surface area (Å²) < 4.78 is 0. The van der Waals surface area contributed by atoms with Crippen molar-refractivity contribution in [3.63, 3.8) is 0 Å². The second-order valence-corrected chi connectivity index (χ2v) is 3.65. The van der Waals surface area contributed by atoms with Gasteiger partial charge in [-0.1, -0.05) is 13.8 Å². The first-order chi connectivity index (χ1) is 4.05. The van der Waals surface area contributed by atoms with Crippen molar-refractivity contribution in [2.45, 2.75) is 39.2 Å². The van der Waals surface area contributed by atoms with Gasteiger partial charge in [-0.05, 0) is 31.6 Å². The van der Waals surface area contributed by atoms with Crippen molar-refractivity contribution in [2.75, 3.05) is 0 Å². The summed E-state index contributed by atoms with van der Waals surface area (Å²) in [5, 5.41) is 9.73. The Balaban J connectivity index is 2.48. The minimum atomic E-state index is -0.389. The van der Waals surface area contributed by atoms with Crippen LogP contribution in [0.25, 0.3) is 0 Å². The molecule has 0 heterocycles. The van der Waals surface area contributed by atoms with E-state index in [4.69, 9.17) is 0 Å². The van der Waals surface area contributed by atoms with Gasteiger partial charge >= 0.3 is 0 Å². The third-order valence-electron chi connectivity index (χ3n) is 2.57. The molecule has 0 saturated heterocycles. The summed E-state index contributed by atoms with van der Waals surface area (Å²) in [6, 6.07) is 0. The van der Waals surface area contributed by atoms with Gasteiger partial charge in [0, 0.05) is 0 Å². The molecule has 1 nitrogen and oxygen atoms in total. The lowest BCUT2D eigenvalue weighted by Crippen LogP contribution is -2.33. The summed E-state index contributed by atoms with van der Waals surface area (Å²) in [5.74, 6) is 1.00. The Morgan fingerprint density at radius 2 is 1.89 bits per heavy atom. The molecule has 0 spiro atoms. The fourth-order valence-corrected chi connectivity index (χ4v) is 1.14. The van der Waals surface area contributed by atoms with Crippen molar-refractivity contribution in [1.82, 2.24) is 0 Å². The highest BCUT2D eigenvalue weighted by Gasteiger charge is 2.41. The quantitative estimate of drug-likeness (QED) is 0.601. The lowest BCUT2D eigenvalue weighted by molar-refractivity contribution is -0.00802. The van der Waals surface area contributed by atoms with Gasteiger partial charge in [0.15, 0.2) is 0 Å². The molecule has 1 fully saturated rings. The van der Waals surface area contributed by atoms with Crippen molar-refractivity contribution >= 4 is 0 Å². The van der Waals surface area contributed by atoms with Gasteiger partial charge in [0.2, 0.25) is 0 Å². The second kappa shape index (κ2) is 1.98. The summed E-state index contributed by atoms with van der Waals surface area (Å²) in [5.41, 5.74) is -0.389. The number of hydrogen-bond donors (Lipinski definition) is 1. The fourth-order valence-electron chi connectivity index (χ4n) is 1.14. The molecule has 1 aliphatic carbocycles. The smallest absolute Gasteiger partial charge is 0.0670 e. The lowest BCUT2D eigenvalue weighted by atomic mass is 9.88. The van der Waals surface area contributed by atoms with Gasteiger partial charge in [0.1, 0.15) is 0 Å². The highest BCUT2D eigenvalue weighted by atomic mass is 16.3. The van der Waals surface area contributed by atoms with E-state index in [9.17, 15) is 5.11 Å².